The summed E-state index contributed by atoms with van der Waals surface area (Å²) in [7, 11) is 2.29. The van der Waals surface area contributed by atoms with Gasteiger partial charge in [-0.2, -0.15) is 26.3 Å². The molecule has 0 atom stereocenters. The molecule has 0 aromatic carbocycles. The van der Waals surface area contributed by atoms with Crippen molar-refractivity contribution in [2.45, 2.75) is 33.1 Å². The Morgan fingerprint density at radius 1 is 0.850 bits per heavy atom. The van der Waals surface area contributed by atoms with E-state index in [0.29, 0.717) is 0 Å². The van der Waals surface area contributed by atoms with Crippen LogP contribution in [-0.4, -0.2) is 43.5 Å². The van der Waals surface area contributed by atoms with E-state index in [-0.39, 0.29) is 0 Å². The van der Waals surface area contributed by atoms with E-state index in [0.717, 1.165) is 0 Å². The van der Waals surface area contributed by atoms with Gasteiger partial charge >= 0.3 is 12.4 Å². The Hall–Kier alpha value is -0.990. The molecule has 0 radical (unpaired) electrons. The van der Waals surface area contributed by atoms with Crippen molar-refractivity contribution in [3.8, 4) is 0 Å². The van der Waals surface area contributed by atoms with Crippen LogP contribution >= 0.6 is 0 Å². The maximum absolute atomic E-state index is 11.2. The van der Waals surface area contributed by atoms with Gasteiger partial charge in [0.2, 0.25) is 0 Å². The average molecular weight is 313 g/mol. The zero-order valence-corrected chi connectivity index (χ0v) is 11.6. The van der Waals surface area contributed by atoms with Crippen LogP contribution in [-0.2, 0) is 0 Å². The lowest BCUT2D eigenvalue weighted by Crippen LogP contribution is -2.42. The van der Waals surface area contributed by atoms with E-state index in [1.165, 1.54) is 24.1 Å². The molecule has 0 amide bonds. The standard InChI is InChI=1S/C7H18N.C4HF7O/c1-5-8(4,6-2)7-3;5-2(12)1(3(6,7)8)4(9,10)11/h5-7H2,1-4H3;12H/q+1;/p-1. The summed E-state index contributed by atoms with van der Waals surface area (Å²) in [6.45, 7) is 10.5. The number of quaternary nitrogens is 1. The SMILES string of the molecule is CC[N+](C)(CC)CC.[O-]C(F)=C(C(F)(F)F)C(F)(F)F. The van der Waals surface area contributed by atoms with Gasteiger partial charge in [-0.05, 0) is 20.8 Å². The number of hydrogen-bond donors (Lipinski definition) is 0. The van der Waals surface area contributed by atoms with E-state index in [1.807, 2.05) is 0 Å². The van der Waals surface area contributed by atoms with Crippen LogP contribution in [0.15, 0.2) is 11.6 Å². The molecular weight excluding hydrogens is 295 g/mol. The third-order valence-corrected chi connectivity index (χ3v) is 3.05. The van der Waals surface area contributed by atoms with Crippen LogP contribution < -0.4 is 5.11 Å². The summed E-state index contributed by atoms with van der Waals surface area (Å²) >= 11 is 0. The molecule has 0 saturated heterocycles. The molecule has 0 fully saturated rings. The minimum atomic E-state index is -6.01. The molecular formula is C11H18F7NO. The minimum absolute atomic E-state index is 1.21. The molecule has 0 aliphatic rings. The summed E-state index contributed by atoms with van der Waals surface area (Å²) in [6, 6.07) is -3.53. The maximum atomic E-state index is 11.2. The topological polar surface area (TPSA) is 23.1 Å². The number of hydrogen-bond acceptors (Lipinski definition) is 1. The van der Waals surface area contributed by atoms with Gasteiger partial charge in [-0.3, -0.25) is 0 Å². The quantitative estimate of drug-likeness (QED) is 0.446. The van der Waals surface area contributed by atoms with E-state index >= 15 is 0 Å². The highest BCUT2D eigenvalue weighted by atomic mass is 19.4. The van der Waals surface area contributed by atoms with Crippen LogP contribution in [0.1, 0.15) is 20.8 Å². The summed E-state index contributed by atoms with van der Waals surface area (Å²) in [6.07, 6.45) is -12.0. The molecule has 2 nitrogen and oxygen atoms in total. The Morgan fingerprint density at radius 2 is 1.10 bits per heavy atom. The van der Waals surface area contributed by atoms with Gasteiger partial charge in [0.05, 0.1) is 32.7 Å². The molecule has 0 rings (SSSR count). The molecule has 122 valence electrons. The lowest BCUT2D eigenvalue weighted by molar-refractivity contribution is -0.904. The molecule has 0 unspecified atom stereocenters. The lowest BCUT2D eigenvalue weighted by Gasteiger charge is -2.30. The first-order valence-corrected chi connectivity index (χ1v) is 5.79. The van der Waals surface area contributed by atoms with Crippen molar-refractivity contribution in [3.05, 3.63) is 11.6 Å². The number of nitrogens with zero attached hydrogens (tertiary/aromatic N) is 1. The second-order valence-electron chi connectivity index (χ2n) is 4.21. The van der Waals surface area contributed by atoms with Crippen molar-refractivity contribution in [1.82, 2.24) is 0 Å². The molecule has 0 aliphatic carbocycles. The van der Waals surface area contributed by atoms with E-state index in [4.69, 9.17) is 0 Å². The molecule has 0 spiro atoms. The molecule has 0 N–H and O–H groups in total. The van der Waals surface area contributed by atoms with Crippen LogP contribution in [0.2, 0.25) is 0 Å². The van der Waals surface area contributed by atoms with Crippen LogP contribution in [0.3, 0.4) is 0 Å². The second kappa shape index (κ2) is 7.70. The van der Waals surface area contributed by atoms with Crippen molar-refractivity contribution in [2.24, 2.45) is 0 Å². The highest BCUT2D eigenvalue weighted by Gasteiger charge is 2.51. The summed E-state index contributed by atoms with van der Waals surface area (Å²) < 4.78 is 79.9. The van der Waals surface area contributed by atoms with Gasteiger partial charge in [-0.25, -0.2) is 4.39 Å². The fourth-order valence-corrected chi connectivity index (χ4v) is 1.05. The molecule has 0 bridgehead atoms. The number of halogens is 7. The monoisotopic (exact) mass is 313 g/mol. The predicted molar refractivity (Wildman–Crippen MR) is 58.1 cm³/mol. The number of alkyl halides is 6. The second-order valence-corrected chi connectivity index (χ2v) is 4.21. The van der Waals surface area contributed by atoms with Crippen LogP contribution in [0.25, 0.3) is 0 Å². The Balaban J connectivity index is 0. The first-order chi connectivity index (χ1) is 8.75. The maximum Gasteiger partial charge on any atom is 0.422 e. The van der Waals surface area contributed by atoms with Crippen molar-refractivity contribution < 1.29 is 40.3 Å². The smallest absolute Gasteiger partial charge is 0.422 e. The van der Waals surface area contributed by atoms with Gasteiger partial charge < -0.3 is 9.59 Å². The minimum Gasteiger partial charge on any atom is -0.851 e. The molecule has 0 saturated carbocycles. The van der Waals surface area contributed by atoms with Crippen LogP contribution in [0.5, 0.6) is 0 Å². The molecule has 9 heteroatoms. The van der Waals surface area contributed by atoms with Crippen molar-refractivity contribution >= 4 is 0 Å². The van der Waals surface area contributed by atoms with E-state index < -0.39 is 23.9 Å². The molecule has 0 aromatic rings. The average Bonchev–Trinajstić information content (AvgIpc) is 2.24. The third kappa shape index (κ3) is 7.56. The van der Waals surface area contributed by atoms with E-state index in [9.17, 15) is 35.8 Å². The Labute approximate surface area is 113 Å². The van der Waals surface area contributed by atoms with Gasteiger partial charge in [-0.15, -0.1) is 0 Å². The fourth-order valence-electron chi connectivity index (χ4n) is 1.05. The van der Waals surface area contributed by atoms with Crippen LogP contribution in [0.4, 0.5) is 30.7 Å². The first-order valence-electron chi connectivity index (χ1n) is 5.79. The van der Waals surface area contributed by atoms with Gasteiger partial charge in [0, 0.05) is 0 Å². The van der Waals surface area contributed by atoms with E-state index in [1.54, 1.807) is 0 Å². The van der Waals surface area contributed by atoms with E-state index in [2.05, 4.69) is 27.8 Å². The highest BCUT2D eigenvalue weighted by Crippen LogP contribution is 2.39. The number of allylic oxidation sites excluding steroid dienone is 1. The lowest BCUT2D eigenvalue weighted by atomic mass is 10.3. The summed E-state index contributed by atoms with van der Waals surface area (Å²) in [5.41, 5.74) is -3.64. The Bertz CT molecular complexity index is 287. The third-order valence-electron chi connectivity index (χ3n) is 3.05. The van der Waals surface area contributed by atoms with Crippen LogP contribution in [0, 0.1) is 0 Å². The van der Waals surface area contributed by atoms with Gasteiger partial charge in [0.25, 0.3) is 0 Å². The van der Waals surface area contributed by atoms with Gasteiger partial charge in [0.15, 0.2) is 5.57 Å². The fraction of sp³-hybridized carbons (Fsp3) is 0.818. The highest BCUT2D eigenvalue weighted by molar-refractivity contribution is 5.14. The first kappa shape index (κ1) is 21.3. The summed E-state index contributed by atoms with van der Waals surface area (Å²) in [4.78, 5) is 0. The Morgan fingerprint density at radius 3 is 1.10 bits per heavy atom. The Kier molecular flexibility index (Phi) is 8.21. The van der Waals surface area contributed by atoms with Gasteiger partial charge in [0.1, 0.15) is 0 Å². The molecule has 0 aromatic heterocycles. The molecule has 20 heavy (non-hydrogen) atoms. The van der Waals surface area contributed by atoms with Gasteiger partial charge in [-0.1, -0.05) is 0 Å². The van der Waals surface area contributed by atoms with Crippen molar-refractivity contribution in [2.75, 3.05) is 26.7 Å². The number of rotatable bonds is 3. The summed E-state index contributed by atoms with van der Waals surface area (Å²) in [5.74, 6) is 0. The zero-order valence-electron chi connectivity index (χ0n) is 11.6. The molecule has 0 heterocycles. The van der Waals surface area contributed by atoms with Crippen molar-refractivity contribution in [1.29, 1.82) is 0 Å². The normalized spacial score (nSPS) is 12.6. The van der Waals surface area contributed by atoms with Crippen molar-refractivity contribution in [3.63, 3.8) is 0 Å². The predicted octanol–water partition coefficient (Wildman–Crippen LogP) is 3.15. The largest absolute Gasteiger partial charge is 0.851 e. The molecule has 0 aliphatic heterocycles. The summed E-state index contributed by atoms with van der Waals surface area (Å²) in [5, 5.41) is 9.29. The zero-order chi connectivity index (χ0) is 16.8.